The normalized spacial score (nSPS) is 17.5. The fraction of sp³-hybridized carbons (Fsp3) is 0.368. The fourth-order valence-corrected chi connectivity index (χ4v) is 3.13. The molecule has 1 aromatic carbocycles. The van der Waals surface area contributed by atoms with Gasteiger partial charge in [0.1, 0.15) is 5.82 Å². The summed E-state index contributed by atoms with van der Waals surface area (Å²) in [6, 6.07) is 12.6. The van der Waals surface area contributed by atoms with E-state index < -0.39 is 0 Å². The van der Waals surface area contributed by atoms with Gasteiger partial charge in [0.15, 0.2) is 0 Å². The lowest BCUT2D eigenvalue weighted by molar-refractivity contribution is -0.129. The number of rotatable bonds is 7. The molecule has 1 atom stereocenters. The summed E-state index contributed by atoms with van der Waals surface area (Å²) in [5.74, 6) is -0.0956. The van der Waals surface area contributed by atoms with Gasteiger partial charge in [0, 0.05) is 31.7 Å². The number of carbonyl (C=O) groups excluding carboxylic acids is 1. The highest BCUT2D eigenvalue weighted by Crippen LogP contribution is 2.23. The van der Waals surface area contributed by atoms with Gasteiger partial charge in [0.2, 0.25) is 5.91 Å². The molecule has 0 radical (unpaired) electrons. The van der Waals surface area contributed by atoms with E-state index in [1.165, 1.54) is 12.1 Å². The summed E-state index contributed by atoms with van der Waals surface area (Å²) < 4.78 is 13.3. The van der Waals surface area contributed by atoms with Crippen molar-refractivity contribution >= 4 is 5.91 Å². The molecule has 2 aromatic rings. The van der Waals surface area contributed by atoms with Crippen molar-refractivity contribution in [3.8, 4) is 0 Å². The van der Waals surface area contributed by atoms with E-state index in [9.17, 15) is 9.18 Å². The van der Waals surface area contributed by atoms with Gasteiger partial charge in [-0.05, 0) is 49.2 Å². The molecule has 0 aliphatic carbocycles. The van der Waals surface area contributed by atoms with Gasteiger partial charge in [0.25, 0.3) is 0 Å². The lowest BCUT2D eigenvalue weighted by Crippen LogP contribution is -2.34. The van der Waals surface area contributed by atoms with Crippen molar-refractivity contribution in [2.24, 2.45) is 0 Å². The highest BCUT2D eigenvalue weighted by molar-refractivity contribution is 5.78. The number of benzene rings is 1. The van der Waals surface area contributed by atoms with Crippen LogP contribution in [0, 0.1) is 5.82 Å². The smallest absolute Gasteiger partial charge is 0.223 e. The van der Waals surface area contributed by atoms with Gasteiger partial charge in [-0.1, -0.05) is 18.2 Å². The molecule has 1 aliphatic rings. The van der Waals surface area contributed by atoms with Gasteiger partial charge < -0.3 is 10.2 Å². The molecular weight excluding hydrogens is 305 g/mol. The van der Waals surface area contributed by atoms with Crippen LogP contribution in [-0.4, -0.2) is 28.4 Å². The Hall–Kier alpha value is -2.27. The minimum Gasteiger partial charge on any atom is -0.335 e. The van der Waals surface area contributed by atoms with Crippen molar-refractivity contribution < 1.29 is 9.18 Å². The molecule has 1 aromatic heterocycles. The lowest BCUT2D eigenvalue weighted by Gasteiger charge is -2.25. The van der Waals surface area contributed by atoms with Crippen LogP contribution in [0.5, 0.6) is 0 Å². The number of aromatic nitrogens is 1. The number of likely N-dealkylation sites (tertiary alicyclic amines) is 1. The lowest BCUT2D eigenvalue weighted by atomic mass is 10.1. The summed E-state index contributed by atoms with van der Waals surface area (Å²) in [5.41, 5.74) is 1.85. The highest BCUT2D eigenvalue weighted by Gasteiger charge is 2.30. The molecule has 126 valence electrons. The van der Waals surface area contributed by atoms with Crippen LogP contribution >= 0.6 is 0 Å². The number of nitrogens with one attached hydrogen (secondary N) is 1. The first-order chi connectivity index (χ1) is 11.7. The summed E-state index contributed by atoms with van der Waals surface area (Å²) in [7, 11) is 0. The first kappa shape index (κ1) is 16.6. The van der Waals surface area contributed by atoms with Crippen LogP contribution in [0.4, 0.5) is 4.39 Å². The Morgan fingerprint density at radius 1 is 1.25 bits per heavy atom. The Labute approximate surface area is 141 Å². The van der Waals surface area contributed by atoms with E-state index in [2.05, 4.69) is 10.3 Å². The zero-order chi connectivity index (χ0) is 16.8. The van der Waals surface area contributed by atoms with E-state index in [0.29, 0.717) is 13.0 Å². The van der Waals surface area contributed by atoms with Crippen LogP contribution in [0.2, 0.25) is 0 Å². The van der Waals surface area contributed by atoms with E-state index in [1.54, 1.807) is 12.3 Å². The summed E-state index contributed by atoms with van der Waals surface area (Å²) in [6.07, 6.45) is 4.14. The Morgan fingerprint density at radius 2 is 2.17 bits per heavy atom. The van der Waals surface area contributed by atoms with E-state index in [-0.39, 0.29) is 17.8 Å². The molecule has 1 aliphatic heterocycles. The van der Waals surface area contributed by atoms with Gasteiger partial charge in [-0.3, -0.25) is 9.78 Å². The predicted octanol–water partition coefficient (Wildman–Crippen LogP) is 2.89. The molecule has 1 fully saturated rings. The number of pyridine rings is 1. The molecule has 4 nitrogen and oxygen atoms in total. The SMILES string of the molecule is O=C1CC[C@H](CCNCc2ccccn2)N1Cc1cccc(F)c1. The van der Waals surface area contributed by atoms with E-state index in [4.69, 9.17) is 0 Å². The summed E-state index contributed by atoms with van der Waals surface area (Å²) in [4.78, 5) is 18.3. The maximum absolute atomic E-state index is 13.3. The van der Waals surface area contributed by atoms with Crippen LogP contribution in [0.3, 0.4) is 0 Å². The van der Waals surface area contributed by atoms with Gasteiger partial charge in [0.05, 0.1) is 5.69 Å². The summed E-state index contributed by atoms with van der Waals surface area (Å²) in [6.45, 7) is 2.04. The van der Waals surface area contributed by atoms with Crippen molar-refractivity contribution in [2.75, 3.05) is 6.54 Å². The Balaban J connectivity index is 1.50. The quantitative estimate of drug-likeness (QED) is 0.795. The minimum absolute atomic E-state index is 0.161. The van der Waals surface area contributed by atoms with Crippen molar-refractivity contribution in [1.29, 1.82) is 0 Å². The monoisotopic (exact) mass is 327 g/mol. The zero-order valence-corrected chi connectivity index (χ0v) is 13.6. The maximum Gasteiger partial charge on any atom is 0.223 e. The number of halogens is 1. The molecule has 3 rings (SSSR count). The molecule has 0 saturated carbocycles. The van der Waals surface area contributed by atoms with Gasteiger partial charge in [-0.25, -0.2) is 4.39 Å². The van der Waals surface area contributed by atoms with Crippen molar-refractivity contribution in [2.45, 2.75) is 38.4 Å². The Morgan fingerprint density at radius 3 is 2.96 bits per heavy atom. The predicted molar refractivity (Wildman–Crippen MR) is 90.5 cm³/mol. The standard InChI is InChI=1S/C19H22FN3O/c20-16-5-3-4-15(12-16)14-23-18(7-8-19(23)24)9-11-21-13-17-6-1-2-10-22-17/h1-6,10,12,18,21H,7-9,11,13-14H2/t18-/m1/s1. The Kier molecular flexibility index (Phi) is 5.54. The van der Waals surface area contributed by atoms with E-state index >= 15 is 0 Å². The maximum atomic E-state index is 13.3. The molecule has 0 spiro atoms. The van der Waals surface area contributed by atoms with Gasteiger partial charge in [-0.2, -0.15) is 0 Å². The second kappa shape index (κ2) is 8.02. The molecule has 0 bridgehead atoms. The molecule has 24 heavy (non-hydrogen) atoms. The topological polar surface area (TPSA) is 45.2 Å². The largest absolute Gasteiger partial charge is 0.335 e. The number of carbonyl (C=O) groups is 1. The number of amides is 1. The molecular formula is C19H22FN3O. The number of nitrogens with zero attached hydrogens (tertiary/aromatic N) is 2. The second-order valence-corrected chi connectivity index (χ2v) is 6.13. The van der Waals surface area contributed by atoms with Gasteiger partial charge in [-0.15, -0.1) is 0 Å². The third-order valence-corrected chi connectivity index (χ3v) is 4.38. The van der Waals surface area contributed by atoms with Crippen LogP contribution in [0.15, 0.2) is 48.7 Å². The summed E-state index contributed by atoms with van der Waals surface area (Å²) in [5, 5.41) is 3.38. The van der Waals surface area contributed by atoms with Crippen molar-refractivity contribution in [1.82, 2.24) is 15.2 Å². The number of hydrogen-bond acceptors (Lipinski definition) is 3. The van der Waals surface area contributed by atoms with Crippen molar-refractivity contribution in [3.63, 3.8) is 0 Å². The molecule has 1 saturated heterocycles. The average molecular weight is 327 g/mol. The Bertz CT molecular complexity index is 677. The zero-order valence-electron chi connectivity index (χ0n) is 13.6. The molecule has 5 heteroatoms. The summed E-state index contributed by atoms with van der Waals surface area (Å²) >= 11 is 0. The van der Waals surface area contributed by atoms with Crippen LogP contribution in [-0.2, 0) is 17.9 Å². The molecule has 1 amide bonds. The van der Waals surface area contributed by atoms with Gasteiger partial charge >= 0.3 is 0 Å². The molecule has 2 heterocycles. The first-order valence-corrected chi connectivity index (χ1v) is 8.37. The molecule has 0 unspecified atom stereocenters. The van der Waals surface area contributed by atoms with Crippen molar-refractivity contribution in [3.05, 3.63) is 65.7 Å². The third kappa shape index (κ3) is 4.38. The van der Waals surface area contributed by atoms with Crippen LogP contribution in [0.25, 0.3) is 0 Å². The van der Waals surface area contributed by atoms with Crippen LogP contribution < -0.4 is 5.32 Å². The average Bonchev–Trinajstić information content (AvgIpc) is 2.93. The minimum atomic E-state index is -0.257. The van der Waals surface area contributed by atoms with Crippen LogP contribution in [0.1, 0.15) is 30.5 Å². The highest BCUT2D eigenvalue weighted by atomic mass is 19.1. The third-order valence-electron chi connectivity index (χ3n) is 4.38. The molecule has 1 N–H and O–H groups in total. The fourth-order valence-electron chi connectivity index (χ4n) is 3.13. The van der Waals surface area contributed by atoms with E-state index in [1.807, 2.05) is 29.2 Å². The van der Waals surface area contributed by atoms with E-state index in [0.717, 1.165) is 37.2 Å². The first-order valence-electron chi connectivity index (χ1n) is 8.37. The number of hydrogen-bond donors (Lipinski definition) is 1. The second-order valence-electron chi connectivity index (χ2n) is 6.13.